The smallest absolute Gasteiger partial charge is 0.160 e. The van der Waals surface area contributed by atoms with Gasteiger partial charge in [-0.05, 0) is 24.0 Å². The number of carbonyl (C=O) groups is 2. The Hall–Kier alpha value is -1.18. The van der Waals surface area contributed by atoms with E-state index < -0.39 is 0 Å². The summed E-state index contributed by atoms with van der Waals surface area (Å²) in [5.74, 6) is 1.05. The standard InChI is InChI=1S/C10H8O2/c11-7-3-4-8(12)10-6-2-1-5(6)9(7)10/h1-6,9-10H/t5-,6+,9+,10-. The second-order valence-corrected chi connectivity index (χ2v) is 3.73. The van der Waals surface area contributed by atoms with E-state index in [0.717, 1.165) is 0 Å². The van der Waals surface area contributed by atoms with Crippen molar-refractivity contribution in [2.75, 3.05) is 0 Å². The van der Waals surface area contributed by atoms with E-state index in [1.807, 2.05) is 0 Å². The Balaban J connectivity index is 2.04. The van der Waals surface area contributed by atoms with Gasteiger partial charge in [0.2, 0.25) is 0 Å². The van der Waals surface area contributed by atoms with Crippen molar-refractivity contribution in [3.05, 3.63) is 24.3 Å². The molecule has 0 N–H and O–H groups in total. The number of ketones is 2. The van der Waals surface area contributed by atoms with Crippen LogP contribution in [0, 0.1) is 23.7 Å². The number of fused-ring (bicyclic) bond motifs is 4. The molecule has 0 aromatic heterocycles. The molecule has 3 rings (SSSR count). The summed E-state index contributed by atoms with van der Waals surface area (Å²) in [6.07, 6.45) is 6.98. The molecule has 3 aliphatic carbocycles. The Kier molecular flexibility index (Phi) is 0.932. The first-order valence-electron chi connectivity index (χ1n) is 4.23. The third-order valence-corrected chi connectivity index (χ3v) is 3.29. The van der Waals surface area contributed by atoms with Gasteiger partial charge in [0, 0.05) is 11.8 Å². The highest BCUT2D eigenvalue weighted by Crippen LogP contribution is 2.55. The van der Waals surface area contributed by atoms with Gasteiger partial charge in [-0.15, -0.1) is 0 Å². The Morgan fingerprint density at radius 1 is 0.833 bits per heavy atom. The first kappa shape index (κ1) is 6.35. The number of hydrogen-bond donors (Lipinski definition) is 0. The highest BCUT2D eigenvalue weighted by Gasteiger charge is 2.58. The lowest BCUT2D eigenvalue weighted by Crippen LogP contribution is -2.56. The van der Waals surface area contributed by atoms with Crippen molar-refractivity contribution in [1.29, 1.82) is 0 Å². The first-order chi connectivity index (χ1) is 5.79. The largest absolute Gasteiger partial charge is 0.294 e. The van der Waals surface area contributed by atoms with Gasteiger partial charge in [-0.3, -0.25) is 9.59 Å². The molecule has 1 saturated carbocycles. The fourth-order valence-electron chi connectivity index (χ4n) is 2.54. The topological polar surface area (TPSA) is 34.1 Å². The molecular weight excluding hydrogens is 152 g/mol. The molecule has 1 fully saturated rings. The minimum Gasteiger partial charge on any atom is -0.294 e. The summed E-state index contributed by atoms with van der Waals surface area (Å²) in [4.78, 5) is 22.6. The normalized spacial score (nSPS) is 47.7. The lowest BCUT2D eigenvalue weighted by molar-refractivity contribution is -0.143. The first-order valence-corrected chi connectivity index (χ1v) is 4.23. The van der Waals surface area contributed by atoms with Crippen LogP contribution < -0.4 is 0 Å². The summed E-state index contributed by atoms with van der Waals surface area (Å²) in [6, 6.07) is 0. The average Bonchev–Trinajstić information content (AvgIpc) is 2.01. The molecule has 0 heterocycles. The van der Waals surface area contributed by atoms with Crippen molar-refractivity contribution < 1.29 is 9.59 Å². The molecule has 60 valence electrons. The molecule has 0 radical (unpaired) electrons. The summed E-state index contributed by atoms with van der Waals surface area (Å²) < 4.78 is 0. The van der Waals surface area contributed by atoms with Crippen molar-refractivity contribution in [2.24, 2.45) is 23.7 Å². The minimum atomic E-state index is -0.00231. The molecule has 0 unspecified atom stereocenters. The van der Waals surface area contributed by atoms with Crippen LogP contribution in [0.25, 0.3) is 0 Å². The van der Waals surface area contributed by atoms with Crippen molar-refractivity contribution in [3.8, 4) is 0 Å². The second-order valence-electron chi connectivity index (χ2n) is 3.73. The molecule has 0 amide bonds. The molecule has 4 atom stereocenters. The Bertz CT molecular complexity index is 306. The molecular formula is C10H8O2. The predicted octanol–water partition coefficient (Wildman–Crippen LogP) is 0.743. The molecule has 2 heteroatoms. The van der Waals surface area contributed by atoms with Gasteiger partial charge >= 0.3 is 0 Å². The van der Waals surface area contributed by atoms with Gasteiger partial charge < -0.3 is 0 Å². The predicted molar refractivity (Wildman–Crippen MR) is 42.3 cm³/mol. The van der Waals surface area contributed by atoms with E-state index in [1.54, 1.807) is 0 Å². The van der Waals surface area contributed by atoms with Gasteiger partial charge in [-0.2, -0.15) is 0 Å². The summed E-state index contributed by atoms with van der Waals surface area (Å²) in [6.45, 7) is 0. The van der Waals surface area contributed by atoms with Crippen LogP contribution in [0.1, 0.15) is 0 Å². The number of allylic oxidation sites excluding steroid dienone is 4. The molecule has 0 aromatic rings. The summed E-state index contributed by atoms with van der Waals surface area (Å²) in [5, 5.41) is 0. The molecule has 0 aromatic carbocycles. The van der Waals surface area contributed by atoms with Crippen LogP contribution >= 0.6 is 0 Å². The van der Waals surface area contributed by atoms with Gasteiger partial charge in [-0.25, -0.2) is 0 Å². The van der Waals surface area contributed by atoms with Crippen molar-refractivity contribution in [1.82, 2.24) is 0 Å². The SMILES string of the molecule is O=C1C=CC(=O)[C@H]2[C@H]3C=C[C@H]3[C@@H]12. The number of rotatable bonds is 0. The van der Waals surface area contributed by atoms with Crippen LogP contribution in [0.15, 0.2) is 24.3 Å². The minimum absolute atomic E-state index is 0.00231. The van der Waals surface area contributed by atoms with Crippen molar-refractivity contribution in [2.45, 2.75) is 0 Å². The second kappa shape index (κ2) is 1.76. The van der Waals surface area contributed by atoms with Crippen LogP contribution in [0.5, 0.6) is 0 Å². The van der Waals surface area contributed by atoms with Crippen LogP contribution in [0.3, 0.4) is 0 Å². The van der Waals surface area contributed by atoms with Crippen LogP contribution in [0.2, 0.25) is 0 Å². The Morgan fingerprint density at radius 3 is 1.58 bits per heavy atom. The molecule has 0 spiro atoms. The molecule has 12 heavy (non-hydrogen) atoms. The third kappa shape index (κ3) is 0.501. The summed E-state index contributed by atoms with van der Waals surface area (Å²) in [5.41, 5.74) is 0. The van der Waals surface area contributed by atoms with E-state index in [0.29, 0.717) is 11.8 Å². The summed E-state index contributed by atoms with van der Waals surface area (Å²) in [7, 11) is 0. The molecule has 0 aliphatic heterocycles. The highest BCUT2D eigenvalue weighted by atomic mass is 16.1. The van der Waals surface area contributed by atoms with E-state index in [2.05, 4.69) is 12.2 Å². The highest BCUT2D eigenvalue weighted by molar-refractivity contribution is 6.09. The van der Waals surface area contributed by atoms with Crippen molar-refractivity contribution >= 4 is 11.6 Å². The maximum Gasteiger partial charge on any atom is 0.160 e. The summed E-state index contributed by atoms with van der Waals surface area (Å²) >= 11 is 0. The third-order valence-electron chi connectivity index (χ3n) is 3.29. The lowest BCUT2D eigenvalue weighted by atomic mass is 9.48. The lowest BCUT2D eigenvalue weighted by Gasteiger charge is -2.53. The average molecular weight is 160 g/mol. The Labute approximate surface area is 70.0 Å². The van der Waals surface area contributed by atoms with Gasteiger partial charge in [0.05, 0.1) is 0 Å². The van der Waals surface area contributed by atoms with E-state index in [-0.39, 0.29) is 23.4 Å². The van der Waals surface area contributed by atoms with Crippen LogP contribution in [-0.4, -0.2) is 11.6 Å². The van der Waals surface area contributed by atoms with Gasteiger partial charge in [0.1, 0.15) is 0 Å². The number of carbonyl (C=O) groups excluding carboxylic acids is 2. The van der Waals surface area contributed by atoms with Crippen LogP contribution in [-0.2, 0) is 9.59 Å². The molecule has 2 nitrogen and oxygen atoms in total. The molecule has 3 aliphatic rings. The number of hydrogen-bond acceptors (Lipinski definition) is 2. The van der Waals surface area contributed by atoms with Gasteiger partial charge in [0.15, 0.2) is 11.6 Å². The fourth-order valence-corrected chi connectivity index (χ4v) is 2.54. The molecule has 0 saturated heterocycles. The quantitative estimate of drug-likeness (QED) is 0.490. The van der Waals surface area contributed by atoms with E-state index in [1.165, 1.54) is 12.2 Å². The Morgan fingerprint density at radius 2 is 1.25 bits per heavy atom. The fraction of sp³-hybridized carbons (Fsp3) is 0.400. The van der Waals surface area contributed by atoms with Crippen LogP contribution in [0.4, 0.5) is 0 Å². The monoisotopic (exact) mass is 160 g/mol. The molecule has 0 bridgehead atoms. The zero-order valence-electron chi connectivity index (χ0n) is 6.44. The van der Waals surface area contributed by atoms with Gasteiger partial charge in [0.25, 0.3) is 0 Å². The zero-order chi connectivity index (χ0) is 8.29. The van der Waals surface area contributed by atoms with E-state index in [9.17, 15) is 9.59 Å². The maximum atomic E-state index is 11.3. The van der Waals surface area contributed by atoms with E-state index in [4.69, 9.17) is 0 Å². The van der Waals surface area contributed by atoms with Crippen molar-refractivity contribution in [3.63, 3.8) is 0 Å². The van der Waals surface area contributed by atoms with E-state index >= 15 is 0 Å². The zero-order valence-corrected chi connectivity index (χ0v) is 6.44. The van der Waals surface area contributed by atoms with Gasteiger partial charge in [-0.1, -0.05) is 12.2 Å². The maximum absolute atomic E-state index is 11.3.